The third kappa shape index (κ3) is 3.03. The van der Waals surface area contributed by atoms with Crippen LogP contribution >= 0.6 is 11.3 Å². The minimum absolute atomic E-state index is 0.641. The van der Waals surface area contributed by atoms with Gasteiger partial charge in [-0.15, -0.1) is 0 Å². The van der Waals surface area contributed by atoms with E-state index in [1.807, 2.05) is 7.05 Å². The van der Waals surface area contributed by atoms with Crippen molar-refractivity contribution in [1.82, 2.24) is 10.2 Å². The van der Waals surface area contributed by atoms with Crippen molar-refractivity contribution in [3.63, 3.8) is 0 Å². The summed E-state index contributed by atoms with van der Waals surface area (Å²) in [6.45, 7) is 4.53. The average Bonchev–Trinajstić information content (AvgIpc) is 2.93. The van der Waals surface area contributed by atoms with Gasteiger partial charge in [0.25, 0.3) is 0 Å². The maximum Gasteiger partial charge on any atom is 0.0248 e. The normalized spacial score (nSPS) is 18.3. The maximum atomic E-state index is 3.27. The van der Waals surface area contributed by atoms with Crippen LogP contribution in [0, 0.1) is 0 Å². The molecule has 1 heterocycles. The van der Waals surface area contributed by atoms with Crippen LogP contribution < -0.4 is 5.32 Å². The van der Waals surface area contributed by atoms with E-state index in [1.165, 1.54) is 18.4 Å². The number of rotatable bonds is 6. The van der Waals surface area contributed by atoms with Crippen LogP contribution in [0.15, 0.2) is 16.8 Å². The molecule has 1 aliphatic rings. The number of nitrogens with zero attached hydrogens (tertiary/aromatic N) is 1. The number of hydrogen-bond donors (Lipinski definition) is 1. The lowest BCUT2D eigenvalue weighted by Crippen LogP contribution is -2.40. The number of likely N-dealkylation sites (N-methyl/N-ethyl adjacent to an activating group) is 1. The van der Waals surface area contributed by atoms with Crippen molar-refractivity contribution in [2.24, 2.45) is 0 Å². The van der Waals surface area contributed by atoms with Crippen LogP contribution in [0.5, 0.6) is 0 Å². The molecule has 84 valence electrons. The predicted octanol–water partition coefficient (Wildman–Crippen LogP) is 2.32. The summed E-state index contributed by atoms with van der Waals surface area (Å²) in [4.78, 5) is 2.64. The molecule has 1 aromatic rings. The van der Waals surface area contributed by atoms with E-state index in [4.69, 9.17) is 0 Å². The Balaban J connectivity index is 1.94. The second-order valence-corrected chi connectivity index (χ2v) is 5.22. The first-order valence-electron chi connectivity index (χ1n) is 5.72. The molecule has 0 saturated heterocycles. The summed E-state index contributed by atoms with van der Waals surface area (Å²) in [5.74, 6) is 0. The Labute approximate surface area is 96.3 Å². The van der Waals surface area contributed by atoms with Crippen LogP contribution in [0.25, 0.3) is 0 Å². The summed E-state index contributed by atoms with van der Waals surface area (Å²) in [6, 6.07) is 3.72. The van der Waals surface area contributed by atoms with Gasteiger partial charge in [0.2, 0.25) is 0 Å². The molecule has 0 aromatic carbocycles. The molecule has 3 heteroatoms. The van der Waals surface area contributed by atoms with Gasteiger partial charge in [0.15, 0.2) is 0 Å². The molecule has 1 N–H and O–H groups in total. The highest BCUT2D eigenvalue weighted by molar-refractivity contribution is 7.07. The molecule has 15 heavy (non-hydrogen) atoms. The zero-order chi connectivity index (χ0) is 10.7. The fourth-order valence-electron chi connectivity index (χ4n) is 2.06. The molecule has 1 saturated carbocycles. The van der Waals surface area contributed by atoms with Crippen molar-refractivity contribution >= 4 is 11.3 Å². The quantitative estimate of drug-likeness (QED) is 0.798. The van der Waals surface area contributed by atoms with Gasteiger partial charge < -0.3 is 5.32 Å². The molecule has 0 bridgehead atoms. The highest BCUT2D eigenvalue weighted by atomic mass is 32.1. The molecule has 1 aliphatic carbocycles. The number of thiophene rings is 1. The SMILES string of the molecule is CNCC(C)N(Cc1ccsc1)C1CC1. The molecule has 1 fully saturated rings. The molecule has 1 unspecified atom stereocenters. The molecule has 0 radical (unpaired) electrons. The average molecular weight is 224 g/mol. The van der Waals surface area contributed by atoms with Gasteiger partial charge in [0, 0.05) is 25.2 Å². The minimum Gasteiger partial charge on any atom is -0.318 e. The van der Waals surface area contributed by atoms with Gasteiger partial charge >= 0.3 is 0 Å². The molecule has 1 aromatic heterocycles. The summed E-state index contributed by atoms with van der Waals surface area (Å²) in [6.07, 6.45) is 2.77. The van der Waals surface area contributed by atoms with Crippen molar-refractivity contribution < 1.29 is 0 Å². The molecule has 2 rings (SSSR count). The van der Waals surface area contributed by atoms with Crippen molar-refractivity contribution in [3.05, 3.63) is 22.4 Å². The Morgan fingerprint density at radius 2 is 2.40 bits per heavy atom. The minimum atomic E-state index is 0.641. The van der Waals surface area contributed by atoms with Crippen molar-refractivity contribution in [3.8, 4) is 0 Å². The number of nitrogens with one attached hydrogen (secondary N) is 1. The van der Waals surface area contributed by atoms with Gasteiger partial charge in [-0.05, 0) is 49.2 Å². The first kappa shape index (κ1) is 11.1. The molecule has 0 amide bonds. The lowest BCUT2D eigenvalue weighted by molar-refractivity contribution is 0.188. The first-order valence-corrected chi connectivity index (χ1v) is 6.67. The molecule has 0 spiro atoms. The third-order valence-electron chi connectivity index (χ3n) is 3.03. The lowest BCUT2D eigenvalue weighted by atomic mass is 10.2. The summed E-state index contributed by atoms with van der Waals surface area (Å²) in [7, 11) is 2.03. The smallest absolute Gasteiger partial charge is 0.0248 e. The van der Waals surface area contributed by atoms with Gasteiger partial charge in [-0.2, -0.15) is 11.3 Å². The van der Waals surface area contributed by atoms with Crippen LogP contribution in [-0.2, 0) is 6.54 Å². The van der Waals surface area contributed by atoms with E-state index in [0.717, 1.165) is 19.1 Å². The van der Waals surface area contributed by atoms with Gasteiger partial charge in [-0.1, -0.05) is 0 Å². The molecule has 2 nitrogen and oxygen atoms in total. The van der Waals surface area contributed by atoms with Gasteiger partial charge in [0.1, 0.15) is 0 Å². The van der Waals surface area contributed by atoms with Crippen LogP contribution in [-0.4, -0.2) is 30.6 Å². The fourth-order valence-corrected chi connectivity index (χ4v) is 2.72. The van der Waals surface area contributed by atoms with Crippen LogP contribution in [0.4, 0.5) is 0 Å². The highest BCUT2D eigenvalue weighted by Gasteiger charge is 2.31. The zero-order valence-electron chi connectivity index (χ0n) is 9.57. The molecular weight excluding hydrogens is 204 g/mol. The Kier molecular flexibility index (Phi) is 3.78. The van der Waals surface area contributed by atoms with Crippen LogP contribution in [0.1, 0.15) is 25.3 Å². The largest absolute Gasteiger partial charge is 0.318 e. The highest BCUT2D eigenvalue weighted by Crippen LogP contribution is 2.30. The van der Waals surface area contributed by atoms with Crippen molar-refractivity contribution in [2.75, 3.05) is 13.6 Å². The Bertz CT molecular complexity index is 280. The van der Waals surface area contributed by atoms with Gasteiger partial charge in [-0.3, -0.25) is 4.90 Å². The monoisotopic (exact) mass is 224 g/mol. The lowest BCUT2D eigenvalue weighted by Gasteiger charge is -2.28. The Hall–Kier alpha value is -0.380. The summed E-state index contributed by atoms with van der Waals surface area (Å²) < 4.78 is 0. The van der Waals surface area contributed by atoms with E-state index in [0.29, 0.717) is 6.04 Å². The van der Waals surface area contributed by atoms with Gasteiger partial charge in [0.05, 0.1) is 0 Å². The van der Waals surface area contributed by atoms with Gasteiger partial charge in [-0.25, -0.2) is 0 Å². The summed E-state index contributed by atoms with van der Waals surface area (Å²) in [5.41, 5.74) is 1.47. The van der Waals surface area contributed by atoms with Crippen LogP contribution in [0.2, 0.25) is 0 Å². The Morgan fingerprint density at radius 3 is 2.93 bits per heavy atom. The molecule has 0 aliphatic heterocycles. The molecule has 1 atom stereocenters. The van der Waals surface area contributed by atoms with Crippen molar-refractivity contribution in [2.45, 2.75) is 38.4 Å². The second-order valence-electron chi connectivity index (χ2n) is 4.44. The van der Waals surface area contributed by atoms with E-state index in [-0.39, 0.29) is 0 Å². The summed E-state index contributed by atoms with van der Waals surface area (Å²) >= 11 is 1.80. The van der Waals surface area contributed by atoms with E-state index in [2.05, 4.69) is 34.0 Å². The number of hydrogen-bond acceptors (Lipinski definition) is 3. The van der Waals surface area contributed by atoms with E-state index < -0.39 is 0 Å². The molecular formula is C12H20N2S. The second kappa shape index (κ2) is 5.10. The predicted molar refractivity (Wildman–Crippen MR) is 66.3 cm³/mol. The van der Waals surface area contributed by atoms with Crippen LogP contribution in [0.3, 0.4) is 0 Å². The van der Waals surface area contributed by atoms with E-state index >= 15 is 0 Å². The fraction of sp³-hybridized carbons (Fsp3) is 0.667. The zero-order valence-corrected chi connectivity index (χ0v) is 10.4. The van der Waals surface area contributed by atoms with Crippen molar-refractivity contribution in [1.29, 1.82) is 0 Å². The third-order valence-corrected chi connectivity index (χ3v) is 3.76. The first-order chi connectivity index (χ1) is 7.31. The maximum absolute atomic E-state index is 3.27. The van der Waals surface area contributed by atoms with E-state index in [1.54, 1.807) is 11.3 Å². The summed E-state index contributed by atoms with van der Waals surface area (Å²) in [5, 5.41) is 7.71. The van der Waals surface area contributed by atoms with E-state index in [9.17, 15) is 0 Å². The Morgan fingerprint density at radius 1 is 1.60 bits per heavy atom. The standard InChI is InChI=1S/C12H20N2S/c1-10(7-13-2)14(12-3-4-12)8-11-5-6-15-9-11/h5-6,9-10,12-13H,3-4,7-8H2,1-2H3. The topological polar surface area (TPSA) is 15.3 Å².